The number of rotatable bonds is 5. The molecule has 4 rings (SSSR count). The molecular weight excluding hydrogens is 330 g/mol. The molecule has 3 atom stereocenters. The lowest BCUT2D eigenvalue weighted by molar-refractivity contribution is -0.129. The standard InChI is InChI=1S/C20H29N3O3/c24-19-11-16(13-23(19)14-17-6-4-10-26-17)20(25)21-12-15-5-3-9-22-8-2-1-7-18(15)22/h4,6,10,15-16,18H,1-3,5,7-9,11-14H2,(H,21,25)/t15-,16+,18+/m0/s1. The molecule has 0 radical (unpaired) electrons. The van der Waals surface area contributed by atoms with Gasteiger partial charge in [-0.05, 0) is 56.8 Å². The molecule has 0 aliphatic carbocycles. The monoisotopic (exact) mass is 359 g/mol. The van der Waals surface area contributed by atoms with E-state index >= 15 is 0 Å². The zero-order valence-corrected chi connectivity index (χ0v) is 15.4. The molecule has 26 heavy (non-hydrogen) atoms. The van der Waals surface area contributed by atoms with Crippen molar-refractivity contribution in [2.24, 2.45) is 11.8 Å². The third-order valence-corrected chi connectivity index (χ3v) is 6.28. The van der Waals surface area contributed by atoms with E-state index in [9.17, 15) is 9.59 Å². The predicted octanol–water partition coefficient (Wildman–Crippen LogP) is 2.01. The van der Waals surface area contributed by atoms with E-state index in [2.05, 4.69) is 10.2 Å². The SMILES string of the molecule is O=C(NC[C@@H]1CCCN2CCCC[C@H]12)[C@@H]1CC(=O)N(Cc2ccco2)C1. The van der Waals surface area contributed by atoms with Gasteiger partial charge in [-0.3, -0.25) is 9.59 Å². The van der Waals surface area contributed by atoms with Gasteiger partial charge >= 0.3 is 0 Å². The summed E-state index contributed by atoms with van der Waals surface area (Å²) in [6.07, 6.45) is 8.24. The fraction of sp³-hybridized carbons (Fsp3) is 0.700. The van der Waals surface area contributed by atoms with Gasteiger partial charge in [0.2, 0.25) is 11.8 Å². The van der Waals surface area contributed by atoms with Crippen LogP contribution in [0.2, 0.25) is 0 Å². The Labute approximate surface area is 154 Å². The molecule has 0 saturated carbocycles. The molecular formula is C20H29N3O3. The summed E-state index contributed by atoms with van der Waals surface area (Å²) >= 11 is 0. The minimum absolute atomic E-state index is 0.0354. The van der Waals surface area contributed by atoms with Crippen LogP contribution in [0, 0.1) is 11.8 Å². The maximum Gasteiger partial charge on any atom is 0.225 e. The molecule has 3 saturated heterocycles. The van der Waals surface area contributed by atoms with Gasteiger partial charge < -0.3 is 19.5 Å². The molecule has 0 bridgehead atoms. The summed E-state index contributed by atoms with van der Waals surface area (Å²) in [4.78, 5) is 29.2. The van der Waals surface area contributed by atoms with Crippen molar-refractivity contribution in [3.8, 4) is 0 Å². The first-order valence-electron chi connectivity index (χ1n) is 10.0. The summed E-state index contributed by atoms with van der Waals surface area (Å²) in [7, 11) is 0. The van der Waals surface area contributed by atoms with Gasteiger partial charge in [-0.15, -0.1) is 0 Å². The van der Waals surface area contributed by atoms with E-state index in [1.807, 2.05) is 12.1 Å². The fourth-order valence-corrected chi connectivity index (χ4v) is 4.88. The Morgan fingerprint density at radius 2 is 2.12 bits per heavy atom. The number of carbonyl (C=O) groups excluding carboxylic acids is 2. The lowest BCUT2D eigenvalue weighted by atomic mass is 9.83. The number of furan rings is 1. The Hall–Kier alpha value is -1.82. The summed E-state index contributed by atoms with van der Waals surface area (Å²) < 4.78 is 5.32. The molecule has 1 aromatic heterocycles. The molecule has 0 unspecified atom stereocenters. The summed E-state index contributed by atoms with van der Waals surface area (Å²) in [6.45, 7) is 4.13. The molecule has 1 aromatic rings. The van der Waals surface area contributed by atoms with Crippen molar-refractivity contribution in [3.63, 3.8) is 0 Å². The van der Waals surface area contributed by atoms with Crippen molar-refractivity contribution in [1.82, 2.24) is 15.1 Å². The minimum atomic E-state index is -0.233. The Bertz CT molecular complexity index is 628. The highest BCUT2D eigenvalue weighted by Crippen LogP contribution is 2.30. The van der Waals surface area contributed by atoms with Crippen LogP contribution in [0.1, 0.15) is 44.3 Å². The first kappa shape index (κ1) is 17.6. The van der Waals surface area contributed by atoms with Crippen LogP contribution in [-0.2, 0) is 16.1 Å². The molecule has 3 aliphatic rings. The highest BCUT2D eigenvalue weighted by atomic mass is 16.3. The zero-order chi connectivity index (χ0) is 17.9. The zero-order valence-electron chi connectivity index (χ0n) is 15.4. The van der Waals surface area contributed by atoms with Gasteiger partial charge in [-0.25, -0.2) is 0 Å². The van der Waals surface area contributed by atoms with Gasteiger partial charge in [0, 0.05) is 25.6 Å². The number of likely N-dealkylation sites (tertiary alicyclic amines) is 1. The molecule has 3 aliphatic heterocycles. The van der Waals surface area contributed by atoms with E-state index in [1.165, 1.54) is 45.2 Å². The van der Waals surface area contributed by atoms with Crippen LogP contribution in [0.25, 0.3) is 0 Å². The van der Waals surface area contributed by atoms with Crippen molar-refractivity contribution < 1.29 is 14.0 Å². The molecule has 4 heterocycles. The van der Waals surface area contributed by atoms with Crippen molar-refractivity contribution in [1.29, 1.82) is 0 Å². The van der Waals surface area contributed by atoms with Gasteiger partial charge in [0.05, 0.1) is 18.7 Å². The van der Waals surface area contributed by atoms with Crippen LogP contribution >= 0.6 is 0 Å². The summed E-state index contributed by atoms with van der Waals surface area (Å²) in [5.41, 5.74) is 0. The van der Waals surface area contributed by atoms with Gasteiger partial charge in [-0.2, -0.15) is 0 Å². The molecule has 0 aromatic carbocycles. The van der Waals surface area contributed by atoms with Gasteiger partial charge in [0.1, 0.15) is 5.76 Å². The summed E-state index contributed by atoms with van der Waals surface area (Å²) in [6, 6.07) is 4.32. The number of fused-ring (bicyclic) bond motifs is 1. The summed E-state index contributed by atoms with van der Waals surface area (Å²) in [5.74, 6) is 1.16. The van der Waals surface area contributed by atoms with Crippen molar-refractivity contribution >= 4 is 11.8 Å². The average Bonchev–Trinajstić information content (AvgIpc) is 3.30. The second-order valence-electron chi connectivity index (χ2n) is 8.00. The van der Waals surface area contributed by atoms with Gasteiger partial charge in [0.25, 0.3) is 0 Å². The van der Waals surface area contributed by atoms with Crippen LogP contribution in [0.3, 0.4) is 0 Å². The molecule has 3 fully saturated rings. The van der Waals surface area contributed by atoms with Crippen LogP contribution in [0.5, 0.6) is 0 Å². The lowest BCUT2D eigenvalue weighted by Gasteiger charge is -2.44. The average molecular weight is 359 g/mol. The van der Waals surface area contributed by atoms with Crippen molar-refractivity contribution in [2.75, 3.05) is 26.2 Å². The molecule has 6 nitrogen and oxygen atoms in total. The van der Waals surface area contributed by atoms with Crippen LogP contribution < -0.4 is 5.32 Å². The third-order valence-electron chi connectivity index (χ3n) is 6.28. The Morgan fingerprint density at radius 1 is 1.23 bits per heavy atom. The fourth-order valence-electron chi connectivity index (χ4n) is 4.88. The molecule has 0 spiro atoms. The number of piperidine rings is 2. The predicted molar refractivity (Wildman–Crippen MR) is 97.2 cm³/mol. The number of amides is 2. The van der Waals surface area contributed by atoms with E-state index in [1.54, 1.807) is 11.2 Å². The number of hydrogen-bond acceptors (Lipinski definition) is 4. The molecule has 142 valence electrons. The minimum Gasteiger partial charge on any atom is -0.467 e. The first-order valence-corrected chi connectivity index (χ1v) is 10.0. The van der Waals surface area contributed by atoms with Crippen LogP contribution in [0.15, 0.2) is 22.8 Å². The second kappa shape index (κ2) is 7.82. The van der Waals surface area contributed by atoms with Crippen LogP contribution in [0.4, 0.5) is 0 Å². The highest BCUT2D eigenvalue weighted by molar-refractivity contribution is 5.89. The topological polar surface area (TPSA) is 65.8 Å². The van der Waals surface area contributed by atoms with Crippen molar-refractivity contribution in [2.45, 2.75) is 51.1 Å². The quantitative estimate of drug-likeness (QED) is 0.873. The van der Waals surface area contributed by atoms with E-state index in [0.29, 0.717) is 31.5 Å². The van der Waals surface area contributed by atoms with Gasteiger partial charge in [-0.1, -0.05) is 6.42 Å². The van der Waals surface area contributed by atoms with E-state index in [0.717, 1.165) is 12.3 Å². The Morgan fingerprint density at radius 3 is 2.96 bits per heavy atom. The molecule has 2 amide bonds. The number of hydrogen-bond donors (Lipinski definition) is 1. The van der Waals surface area contributed by atoms with Crippen LogP contribution in [-0.4, -0.2) is 53.8 Å². The number of nitrogens with zero attached hydrogens (tertiary/aromatic N) is 2. The molecule has 1 N–H and O–H groups in total. The second-order valence-corrected chi connectivity index (χ2v) is 8.00. The molecule has 6 heteroatoms. The Balaban J connectivity index is 1.27. The number of carbonyl (C=O) groups is 2. The highest BCUT2D eigenvalue weighted by Gasteiger charge is 2.36. The van der Waals surface area contributed by atoms with E-state index in [-0.39, 0.29) is 17.7 Å². The van der Waals surface area contributed by atoms with E-state index in [4.69, 9.17) is 4.42 Å². The lowest BCUT2D eigenvalue weighted by Crippen LogP contribution is -2.51. The smallest absolute Gasteiger partial charge is 0.225 e. The summed E-state index contributed by atoms with van der Waals surface area (Å²) in [5, 5.41) is 3.16. The normalized spacial score (nSPS) is 29.6. The van der Waals surface area contributed by atoms with Crippen molar-refractivity contribution in [3.05, 3.63) is 24.2 Å². The van der Waals surface area contributed by atoms with E-state index < -0.39 is 0 Å². The Kier molecular flexibility index (Phi) is 5.29. The first-order chi connectivity index (χ1) is 12.7. The largest absolute Gasteiger partial charge is 0.467 e. The maximum absolute atomic E-state index is 12.6. The van der Waals surface area contributed by atoms with Gasteiger partial charge in [0.15, 0.2) is 0 Å². The third kappa shape index (κ3) is 3.80. The number of nitrogens with one attached hydrogen (secondary N) is 1. The maximum atomic E-state index is 12.6.